The minimum absolute atomic E-state index is 0.191. The number of hydrogen-bond donors (Lipinski definition) is 2. The maximum Gasteiger partial charge on any atom is 0.259 e. The van der Waals surface area contributed by atoms with Gasteiger partial charge in [-0.2, -0.15) is 15.8 Å². The Hall–Kier alpha value is -4.28. The van der Waals surface area contributed by atoms with Crippen molar-refractivity contribution in [3.63, 3.8) is 0 Å². The molecule has 124 valence electrons. The molecule has 1 amide bonds. The van der Waals surface area contributed by atoms with Crippen molar-refractivity contribution in [3.05, 3.63) is 58.8 Å². The van der Waals surface area contributed by atoms with Crippen LogP contribution in [0.15, 0.2) is 47.7 Å². The quantitative estimate of drug-likeness (QED) is 0.805. The number of fused-ring (bicyclic) bond motifs is 2. The first kappa shape index (κ1) is 16.6. The van der Waals surface area contributed by atoms with Gasteiger partial charge in [-0.1, -0.05) is 6.07 Å². The minimum Gasteiger partial charge on any atom is -0.454 e. The number of anilines is 2. The fourth-order valence-corrected chi connectivity index (χ4v) is 2.44. The van der Waals surface area contributed by atoms with Crippen LogP contribution in [0.25, 0.3) is 0 Å². The maximum absolute atomic E-state index is 12.5. The number of carbonyl (C=O) groups is 1. The molecule has 0 fully saturated rings. The van der Waals surface area contributed by atoms with Crippen molar-refractivity contribution < 1.29 is 9.53 Å². The molecule has 0 radical (unpaired) electrons. The minimum atomic E-state index is -0.365. The van der Waals surface area contributed by atoms with Crippen LogP contribution in [0, 0.1) is 40.9 Å². The van der Waals surface area contributed by atoms with Gasteiger partial charge in [0.05, 0.1) is 11.3 Å². The van der Waals surface area contributed by atoms with E-state index in [2.05, 4.69) is 10.6 Å². The second-order valence-corrected chi connectivity index (χ2v) is 5.48. The van der Waals surface area contributed by atoms with E-state index in [1.54, 1.807) is 42.5 Å². The highest BCUT2D eigenvalue weighted by Crippen LogP contribution is 2.37. The Morgan fingerprint density at radius 1 is 1.04 bits per heavy atom. The number of benzene rings is 2. The molecular weight excluding hydrogens is 330 g/mol. The van der Waals surface area contributed by atoms with E-state index in [4.69, 9.17) is 20.5 Å². The third-order valence-electron chi connectivity index (χ3n) is 3.68. The lowest BCUT2D eigenvalue weighted by molar-refractivity contribution is 0.102. The summed E-state index contributed by atoms with van der Waals surface area (Å²) in [5.74, 6) is 0.521. The SMILES string of the molecule is Cc1ccc2c(c1)NC(=O)c1cc(NC(C#N)=C(C#N)C#N)ccc1O2. The summed E-state index contributed by atoms with van der Waals surface area (Å²) in [7, 11) is 0. The topological polar surface area (TPSA) is 122 Å². The van der Waals surface area contributed by atoms with Crippen molar-refractivity contribution in [1.82, 2.24) is 0 Å². The smallest absolute Gasteiger partial charge is 0.259 e. The Bertz CT molecular complexity index is 1060. The number of nitrogens with zero attached hydrogens (tertiary/aromatic N) is 3. The molecule has 0 unspecified atom stereocenters. The van der Waals surface area contributed by atoms with Crippen molar-refractivity contribution in [3.8, 4) is 29.7 Å². The molecule has 0 saturated carbocycles. The monoisotopic (exact) mass is 341 g/mol. The van der Waals surface area contributed by atoms with E-state index in [0.717, 1.165) is 5.56 Å². The predicted molar refractivity (Wildman–Crippen MR) is 93.1 cm³/mol. The van der Waals surface area contributed by atoms with E-state index in [-0.39, 0.29) is 22.7 Å². The van der Waals surface area contributed by atoms with Gasteiger partial charge in [0.25, 0.3) is 5.91 Å². The molecule has 1 aliphatic rings. The Labute approximate surface area is 149 Å². The summed E-state index contributed by atoms with van der Waals surface area (Å²) < 4.78 is 5.81. The molecule has 0 aliphatic carbocycles. The lowest BCUT2D eigenvalue weighted by Crippen LogP contribution is -2.11. The molecular formula is C19H11N5O2. The molecule has 1 aliphatic heterocycles. The first-order chi connectivity index (χ1) is 12.5. The normalized spacial score (nSPS) is 11.1. The van der Waals surface area contributed by atoms with Gasteiger partial charge < -0.3 is 15.4 Å². The van der Waals surface area contributed by atoms with E-state index < -0.39 is 0 Å². The number of rotatable bonds is 2. The lowest BCUT2D eigenvalue weighted by atomic mass is 10.1. The highest BCUT2D eigenvalue weighted by molar-refractivity contribution is 6.08. The Morgan fingerprint density at radius 3 is 2.46 bits per heavy atom. The zero-order chi connectivity index (χ0) is 18.7. The Morgan fingerprint density at radius 2 is 1.77 bits per heavy atom. The Kier molecular flexibility index (Phi) is 4.26. The van der Waals surface area contributed by atoms with Gasteiger partial charge in [-0.25, -0.2) is 0 Å². The van der Waals surface area contributed by atoms with Gasteiger partial charge in [-0.05, 0) is 42.8 Å². The first-order valence-electron chi connectivity index (χ1n) is 7.51. The van der Waals surface area contributed by atoms with Crippen LogP contribution < -0.4 is 15.4 Å². The fourth-order valence-electron chi connectivity index (χ4n) is 2.44. The number of ether oxygens (including phenoxy) is 1. The summed E-state index contributed by atoms with van der Waals surface area (Å²) in [6.07, 6.45) is 0. The summed E-state index contributed by atoms with van der Waals surface area (Å²) in [5.41, 5.74) is 1.65. The average molecular weight is 341 g/mol. The van der Waals surface area contributed by atoms with Crippen LogP contribution in [0.3, 0.4) is 0 Å². The molecule has 1 heterocycles. The van der Waals surface area contributed by atoms with Crippen molar-refractivity contribution in [1.29, 1.82) is 15.8 Å². The van der Waals surface area contributed by atoms with Crippen LogP contribution in [0.4, 0.5) is 11.4 Å². The number of hydrogen-bond acceptors (Lipinski definition) is 6. The molecule has 2 aromatic rings. The first-order valence-corrected chi connectivity index (χ1v) is 7.51. The van der Waals surface area contributed by atoms with Crippen molar-refractivity contribution >= 4 is 17.3 Å². The summed E-state index contributed by atoms with van der Waals surface area (Å²) >= 11 is 0. The van der Waals surface area contributed by atoms with Gasteiger partial charge in [0.1, 0.15) is 29.7 Å². The molecule has 0 saturated heterocycles. The summed E-state index contributed by atoms with van der Waals surface area (Å²) in [6.45, 7) is 1.91. The molecule has 3 rings (SSSR count). The summed E-state index contributed by atoms with van der Waals surface area (Å²) in [6, 6.07) is 15.2. The number of nitrogens with one attached hydrogen (secondary N) is 2. The summed E-state index contributed by atoms with van der Waals surface area (Å²) in [5, 5.41) is 32.4. The number of aryl methyl sites for hydroxylation is 1. The molecule has 0 bridgehead atoms. The van der Waals surface area contributed by atoms with Gasteiger partial charge in [0, 0.05) is 5.69 Å². The largest absolute Gasteiger partial charge is 0.454 e. The van der Waals surface area contributed by atoms with Gasteiger partial charge in [-0.3, -0.25) is 4.79 Å². The van der Waals surface area contributed by atoms with Crippen LogP contribution in [0.1, 0.15) is 15.9 Å². The molecule has 7 nitrogen and oxygen atoms in total. The average Bonchev–Trinajstić information content (AvgIpc) is 2.77. The lowest BCUT2D eigenvalue weighted by Gasteiger charge is -2.10. The van der Waals surface area contributed by atoms with Crippen molar-refractivity contribution in [2.45, 2.75) is 6.92 Å². The maximum atomic E-state index is 12.5. The zero-order valence-electron chi connectivity index (χ0n) is 13.6. The molecule has 0 atom stereocenters. The van der Waals surface area contributed by atoms with Gasteiger partial charge >= 0.3 is 0 Å². The van der Waals surface area contributed by atoms with Crippen LogP contribution in [-0.2, 0) is 0 Å². The van der Waals surface area contributed by atoms with Gasteiger partial charge in [0.2, 0.25) is 0 Å². The van der Waals surface area contributed by atoms with Gasteiger partial charge in [0.15, 0.2) is 11.3 Å². The van der Waals surface area contributed by atoms with Crippen molar-refractivity contribution in [2.24, 2.45) is 0 Å². The Balaban J connectivity index is 2.00. The highest BCUT2D eigenvalue weighted by atomic mass is 16.5. The van der Waals surface area contributed by atoms with E-state index in [0.29, 0.717) is 22.9 Å². The van der Waals surface area contributed by atoms with E-state index in [9.17, 15) is 4.79 Å². The van der Waals surface area contributed by atoms with Crippen LogP contribution in [0.5, 0.6) is 11.5 Å². The molecule has 2 aromatic carbocycles. The van der Waals surface area contributed by atoms with Crippen molar-refractivity contribution in [2.75, 3.05) is 10.6 Å². The third kappa shape index (κ3) is 3.03. The van der Waals surface area contributed by atoms with Gasteiger partial charge in [-0.15, -0.1) is 0 Å². The third-order valence-corrected chi connectivity index (χ3v) is 3.68. The van der Waals surface area contributed by atoms with Crippen LogP contribution in [0.2, 0.25) is 0 Å². The standard InChI is InChI=1S/C19H11N5O2/c1-11-2-4-18-15(6-11)24-19(25)14-7-13(3-5-17(14)26-18)23-16(10-22)12(8-20)9-21/h2-7,23H,1H3,(H,24,25). The molecule has 26 heavy (non-hydrogen) atoms. The second kappa shape index (κ2) is 6.68. The van der Waals surface area contributed by atoms with E-state index >= 15 is 0 Å². The van der Waals surface area contributed by atoms with Crippen LogP contribution >= 0.6 is 0 Å². The summed E-state index contributed by atoms with van der Waals surface area (Å²) in [4.78, 5) is 12.5. The predicted octanol–water partition coefficient (Wildman–Crippen LogP) is 3.59. The number of amides is 1. The van der Waals surface area contributed by atoms with E-state index in [1.807, 2.05) is 13.0 Å². The number of allylic oxidation sites excluding steroid dienone is 2. The van der Waals surface area contributed by atoms with E-state index in [1.165, 1.54) is 6.07 Å². The zero-order valence-corrected chi connectivity index (χ0v) is 13.6. The highest BCUT2D eigenvalue weighted by Gasteiger charge is 2.21. The molecule has 7 heteroatoms. The molecule has 2 N–H and O–H groups in total. The van der Waals surface area contributed by atoms with Crippen LogP contribution in [-0.4, -0.2) is 5.91 Å². The number of nitriles is 3. The molecule has 0 spiro atoms. The second-order valence-electron chi connectivity index (χ2n) is 5.48. The fraction of sp³-hybridized carbons (Fsp3) is 0.0526. The number of carbonyl (C=O) groups excluding carboxylic acids is 1. The molecule has 0 aromatic heterocycles.